The van der Waals surface area contributed by atoms with Gasteiger partial charge in [0.1, 0.15) is 5.75 Å². The molecule has 1 aliphatic rings. The third-order valence-corrected chi connectivity index (χ3v) is 5.55. The van der Waals surface area contributed by atoms with Gasteiger partial charge in [0, 0.05) is 42.5 Å². The minimum absolute atomic E-state index is 0.114. The number of hydrogen-bond donors (Lipinski definition) is 1. The number of fused-ring (bicyclic) bond motifs is 1. The summed E-state index contributed by atoms with van der Waals surface area (Å²) >= 11 is 0. The number of carbonyl (C=O) groups is 1. The molecule has 0 saturated carbocycles. The lowest BCUT2D eigenvalue weighted by molar-refractivity contribution is 0.0950. The van der Waals surface area contributed by atoms with Crippen molar-refractivity contribution in [3.8, 4) is 5.75 Å². The molecule has 5 nitrogen and oxygen atoms in total. The van der Waals surface area contributed by atoms with Crippen molar-refractivity contribution in [3.05, 3.63) is 101 Å². The minimum Gasteiger partial charge on any atom is -0.496 e. The number of para-hydroxylation sites is 2. The Morgan fingerprint density at radius 3 is 2.59 bits per heavy atom. The van der Waals surface area contributed by atoms with Gasteiger partial charge >= 0.3 is 0 Å². The molecule has 4 rings (SSSR count). The van der Waals surface area contributed by atoms with E-state index in [9.17, 15) is 4.79 Å². The van der Waals surface area contributed by atoms with Gasteiger partial charge in [-0.05, 0) is 35.9 Å². The molecule has 0 aliphatic carbocycles. The molecule has 0 fully saturated rings. The number of carbonyl (C=O) groups excluding carboxylic acids is 1. The van der Waals surface area contributed by atoms with Gasteiger partial charge in [-0.2, -0.15) is 0 Å². The number of methoxy groups -OCH3 is 1. The quantitative estimate of drug-likeness (QED) is 0.629. The number of nitrogens with one attached hydrogen (secondary N) is 1. The predicted molar refractivity (Wildman–Crippen MR) is 131 cm³/mol. The van der Waals surface area contributed by atoms with Crippen LogP contribution in [0.4, 0.5) is 5.69 Å². The van der Waals surface area contributed by atoms with Gasteiger partial charge in [-0.3, -0.25) is 9.79 Å². The highest BCUT2D eigenvalue weighted by Gasteiger charge is 2.13. The van der Waals surface area contributed by atoms with Crippen LogP contribution in [0.5, 0.6) is 5.75 Å². The van der Waals surface area contributed by atoms with E-state index < -0.39 is 0 Å². The van der Waals surface area contributed by atoms with Crippen molar-refractivity contribution in [1.82, 2.24) is 5.32 Å². The molecule has 32 heavy (non-hydrogen) atoms. The zero-order valence-corrected chi connectivity index (χ0v) is 18.4. The first-order chi connectivity index (χ1) is 15.7. The fourth-order valence-corrected chi connectivity index (χ4v) is 3.74. The van der Waals surface area contributed by atoms with Crippen molar-refractivity contribution in [2.24, 2.45) is 4.99 Å². The maximum atomic E-state index is 12.5. The molecule has 0 unspecified atom stereocenters. The minimum atomic E-state index is -0.114. The predicted octanol–water partition coefficient (Wildman–Crippen LogP) is 4.58. The molecular weight excluding hydrogens is 398 g/mol. The van der Waals surface area contributed by atoms with Gasteiger partial charge in [0.15, 0.2) is 0 Å². The van der Waals surface area contributed by atoms with Crippen LogP contribution in [-0.2, 0) is 6.54 Å². The standard InChI is InChI=1S/C27H27N3O2/c1-30-18-17-28-24(23-8-4-5-9-25(23)30)16-13-20-11-14-21(15-12-20)27(31)29-19-22-7-3-6-10-26(22)32-2/h3-16H,17-19H2,1-2H3,(H,29,31). The van der Waals surface area contributed by atoms with Crippen molar-refractivity contribution in [2.75, 3.05) is 32.1 Å². The van der Waals surface area contributed by atoms with E-state index in [1.165, 1.54) is 5.69 Å². The van der Waals surface area contributed by atoms with E-state index in [0.29, 0.717) is 12.1 Å². The van der Waals surface area contributed by atoms with Crippen LogP contribution in [0.1, 0.15) is 27.0 Å². The maximum absolute atomic E-state index is 12.5. The van der Waals surface area contributed by atoms with Gasteiger partial charge in [-0.1, -0.05) is 54.6 Å². The van der Waals surface area contributed by atoms with Crippen LogP contribution in [0.2, 0.25) is 0 Å². The zero-order valence-electron chi connectivity index (χ0n) is 18.4. The highest BCUT2D eigenvalue weighted by atomic mass is 16.5. The molecule has 1 heterocycles. The summed E-state index contributed by atoms with van der Waals surface area (Å²) in [4.78, 5) is 19.5. The van der Waals surface area contributed by atoms with E-state index in [2.05, 4.69) is 41.5 Å². The summed E-state index contributed by atoms with van der Waals surface area (Å²) in [6.07, 6.45) is 4.09. The number of rotatable bonds is 6. The smallest absolute Gasteiger partial charge is 0.251 e. The topological polar surface area (TPSA) is 53.9 Å². The molecule has 5 heteroatoms. The summed E-state index contributed by atoms with van der Waals surface area (Å²) < 4.78 is 5.34. The molecular formula is C27H27N3O2. The molecule has 1 amide bonds. The van der Waals surface area contributed by atoms with E-state index in [-0.39, 0.29) is 5.91 Å². The van der Waals surface area contributed by atoms with Gasteiger partial charge in [0.2, 0.25) is 0 Å². The molecule has 3 aromatic rings. The first-order valence-electron chi connectivity index (χ1n) is 10.7. The second-order valence-corrected chi connectivity index (χ2v) is 7.66. The third kappa shape index (κ3) is 4.89. The van der Waals surface area contributed by atoms with Gasteiger partial charge in [0.05, 0.1) is 19.4 Å². The number of ether oxygens (including phenoxy) is 1. The fraction of sp³-hybridized carbons (Fsp3) is 0.185. The van der Waals surface area contributed by atoms with Crippen LogP contribution in [-0.4, -0.2) is 38.9 Å². The van der Waals surface area contributed by atoms with Gasteiger partial charge in [-0.25, -0.2) is 0 Å². The van der Waals surface area contributed by atoms with Crippen LogP contribution < -0.4 is 15.0 Å². The number of aliphatic imine (C=N–C) groups is 1. The number of allylic oxidation sites excluding steroid dienone is 1. The molecule has 0 bridgehead atoms. The van der Waals surface area contributed by atoms with E-state index in [0.717, 1.165) is 41.2 Å². The van der Waals surface area contributed by atoms with Crippen LogP contribution in [0, 0.1) is 0 Å². The molecule has 0 radical (unpaired) electrons. The van der Waals surface area contributed by atoms with Crippen LogP contribution in [0.3, 0.4) is 0 Å². The lowest BCUT2D eigenvalue weighted by Crippen LogP contribution is -2.22. The number of nitrogens with zero attached hydrogens (tertiary/aromatic N) is 2. The van der Waals surface area contributed by atoms with E-state index in [1.54, 1.807) is 7.11 Å². The summed E-state index contributed by atoms with van der Waals surface area (Å²) in [6.45, 7) is 2.07. The number of benzene rings is 3. The Labute approximate surface area is 189 Å². The Kier molecular flexibility index (Phi) is 6.66. The number of hydrogen-bond acceptors (Lipinski definition) is 4. The number of likely N-dealkylation sites (N-methyl/N-ethyl adjacent to an activating group) is 1. The Morgan fingerprint density at radius 2 is 1.78 bits per heavy atom. The molecule has 1 N–H and O–H groups in total. The van der Waals surface area contributed by atoms with Crippen molar-refractivity contribution >= 4 is 23.4 Å². The maximum Gasteiger partial charge on any atom is 0.251 e. The molecule has 162 valence electrons. The highest BCUT2D eigenvalue weighted by Crippen LogP contribution is 2.23. The average molecular weight is 426 g/mol. The van der Waals surface area contributed by atoms with Crippen molar-refractivity contribution < 1.29 is 9.53 Å². The van der Waals surface area contributed by atoms with Crippen molar-refractivity contribution in [1.29, 1.82) is 0 Å². The fourth-order valence-electron chi connectivity index (χ4n) is 3.74. The molecule has 0 spiro atoms. The average Bonchev–Trinajstić information content (AvgIpc) is 3.00. The molecule has 1 aliphatic heterocycles. The van der Waals surface area contributed by atoms with Crippen LogP contribution >= 0.6 is 0 Å². The molecule has 0 aromatic heterocycles. The van der Waals surface area contributed by atoms with E-state index in [4.69, 9.17) is 9.73 Å². The molecule has 0 atom stereocenters. The SMILES string of the molecule is COc1ccccc1CNC(=O)c1ccc(C=CC2=NCCN(C)c3ccccc32)cc1. The summed E-state index contributed by atoms with van der Waals surface area (Å²) in [6, 6.07) is 23.6. The normalized spacial score (nSPS) is 13.3. The van der Waals surface area contributed by atoms with Crippen molar-refractivity contribution in [2.45, 2.75) is 6.54 Å². The van der Waals surface area contributed by atoms with E-state index >= 15 is 0 Å². The van der Waals surface area contributed by atoms with Gasteiger partial charge < -0.3 is 15.0 Å². The lowest BCUT2D eigenvalue weighted by Gasteiger charge is -2.18. The second-order valence-electron chi connectivity index (χ2n) is 7.66. The highest BCUT2D eigenvalue weighted by molar-refractivity contribution is 6.14. The van der Waals surface area contributed by atoms with Gasteiger partial charge in [0.25, 0.3) is 5.91 Å². The summed E-state index contributed by atoms with van der Waals surface area (Å²) in [5, 5.41) is 2.95. The monoisotopic (exact) mass is 425 g/mol. The second kappa shape index (κ2) is 9.96. The number of anilines is 1. The summed E-state index contributed by atoms with van der Waals surface area (Å²) in [7, 11) is 3.73. The molecule has 3 aromatic carbocycles. The number of benzodiazepines with no additional fused rings is 1. The third-order valence-electron chi connectivity index (χ3n) is 5.55. The number of amides is 1. The first kappa shape index (κ1) is 21.4. The van der Waals surface area contributed by atoms with Crippen molar-refractivity contribution in [3.63, 3.8) is 0 Å². The Hall–Kier alpha value is -3.86. The largest absolute Gasteiger partial charge is 0.496 e. The Bertz CT molecular complexity index is 1150. The molecule has 0 saturated heterocycles. The Morgan fingerprint density at radius 1 is 1.03 bits per heavy atom. The summed E-state index contributed by atoms with van der Waals surface area (Å²) in [5.74, 6) is 0.652. The van der Waals surface area contributed by atoms with Crippen LogP contribution in [0.15, 0.2) is 83.9 Å². The van der Waals surface area contributed by atoms with Crippen LogP contribution in [0.25, 0.3) is 6.08 Å². The zero-order chi connectivity index (χ0) is 22.3. The van der Waals surface area contributed by atoms with E-state index in [1.807, 2.05) is 60.7 Å². The van der Waals surface area contributed by atoms with Gasteiger partial charge in [-0.15, -0.1) is 0 Å². The lowest BCUT2D eigenvalue weighted by atomic mass is 10.0. The summed E-state index contributed by atoms with van der Waals surface area (Å²) in [5.41, 5.74) is 5.88. The Balaban J connectivity index is 1.43. The first-order valence-corrected chi connectivity index (χ1v) is 10.7.